The predicted octanol–water partition coefficient (Wildman–Crippen LogP) is 29.7. The normalized spacial score (nSPS) is 13.3. The number of aromatic nitrogens is 7. The van der Waals surface area contributed by atoms with E-state index in [9.17, 15) is 0 Å². The molecule has 0 saturated carbocycles. The first kappa shape index (κ1) is 74.0. The lowest BCUT2D eigenvalue weighted by atomic mass is 9.80. The summed E-state index contributed by atoms with van der Waals surface area (Å²) in [4.78, 5) is 31.0. The van der Waals surface area contributed by atoms with Crippen LogP contribution in [-0.4, -0.2) is 34.9 Å². The van der Waals surface area contributed by atoms with Gasteiger partial charge in [0.1, 0.15) is 25.3 Å². The standard InChI is InChI=1S/2C39H28N2.C38H27N3/c1-39(2)35-15-9-8-12-29(35)30-18-17-27(21-36(30)39)37-31-13-6-7-14-32(31)38(28-22-40-24-41-23-28)33-19-16-26(20-34(33)37)25-10-4-3-5-11-25;1-39(2)34-15-9-8-12-28(34)29-18-17-27(23-35(29)39)37-30-13-6-7-14-31(30)38(36-20-21-40-24-41-36)32-19-16-26(22-33(32)37)25-10-4-3-5-11-25;1-38(2)33-15-9-8-12-27(33)28-18-17-26(21-34(28)38)35-29-13-6-7-14-30(29)36(37-40-22-39-23-41-37)31-19-16-25(20-32(31)35)24-10-4-3-5-11-24/h2*3-24H,1-2H3;3-23H,1-2H3. The maximum Gasteiger partial charge on any atom is 0.163 e. The zero-order valence-corrected chi connectivity index (χ0v) is 69.2. The van der Waals surface area contributed by atoms with E-state index in [2.05, 4.69) is 417 Å². The van der Waals surface area contributed by atoms with E-state index < -0.39 is 0 Å². The molecule has 3 aliphatic carbocycles. The van der Waals surface area contributed by atoms with E-state index in [-0.39, 0.29) is 16.2 Å². The van der Waals surface area contributed by atoms with Gasteiger partial charge in [-0.3, -0.25) is 0 Å². The summed E-state index contributed by atoms with van der Waals surface area (Å²) in [6, 6.07) is 128. The van der Waals surface area contributed by atoms with Gasteiger partial charge in [0.25, 0.3) is 0 Å². The summed E-state index contributed by atoms with van der Waals surface area (Å²) in [5.41, 5.74) is 36.2. The third kappa shape index (κ3) is 12.3. The molecule has 0 unspecified atom stereocenters. The van der Waals surface area contributed by atoms with Crippen molar-refractivity contribution in [2.75, 3.05) is 0 Å². The van der Waals surface area contributed by atoms with Crippen LogP contribution in [0.5, 0.6) is 0 Å². The summed E-state index contributed by atoms with van der Waals surface area (Å²) in [5.74, 6) is 0.686. The third-order valence-corrected chi connectivity index (χ3v) is 26.4. The van der Waals surface area contributed by atoms with Gasteiger partial charge in [-0.15, -0.1) is 0 Å². The highest BCUT2D eigenvalue weighted by molar-refractivity contribution is 6.25. The monoisotopic (exact) mass is 1570 g/mol. The van der Waals surface area contributed by atoms with Crippen molar-refractivity contribution < 1.29 is 0 Å². The Labute approximate surface area is 715 Å². The van der Waals surface area contributed by atoms with Gasteiger partial charge >= 0.3 is 0 Å². The molecular formula is C116H83N7. The predicted molar refractivity (Wildman–Crippen MR) is 511 cm³/mol. The molecule has 0 aliphatic heterocycles. The lowest BCUT2D eigenvalue weighted by Gasteiger charge is -2.23. The largest absolute Gasteiger partial charge is 0.245 e. The van der Waals surface area contributed by atoms with Crippen LogP contribution in [0, 0.1) is 0 Å². The number of rotatable bonds is 9. The summed E-state index contributed by atoms with van der Waals surface area (Å²) in [6.07, 6.45) is 12.1. The van der Waals surface area contributed by atoms with E-state index in [4.69, 9.17) is 4.98 Å². The first-order valence-corrected chi connectivity index (χ1v) is 42.3. The highest BCUT2D eigenvalue weighted by Gasteiger charge is 2.39. The van der Waals surface area contributed by atoms with Gasteiger partial charge in [0, 0.05) is 57.1 Å². The summed E-state index contributed by atoms with van der Waals surface area (Å²) < 4.78 is 0. The molecule has 3 heterocycles. The van der Waals surface area contributed by atoms with Crippen LogP contribution < -0.4 is 0 Å². The summed E-state index contributed by atoms with van der Waals surface area (Å²) in [7, 11) is 0. The number of benzene rings is 18. The van der Waals surface area contributed by atoms with Gasteiger partial charge in [-0.1, -0.05) is 351 Å². The average molecular weight is 1570 g/mol. The first-order valence-electron chi connectivity index (χ1n) is 42.3. The second-order valence-electron chi connectivity index (χ2n) is 34.2. The number of hydrogen-bond donors (Lipinski definition) is 0. The van der Waals surface area contributed by atoms with E-state index in [1.807, 2.05) is 24.7 Å². The van der Waals surface area contributed by atoms with Crippen LogP contribution in [0.3, 0.4) is 0 Å². The van der Waals surface area contributed by atoms with Crippen LogP contribution in [-0.2, 0) is 16.2 Å². The number of nitrogens with zero attached hydrogens (tertiary/aromatic N) is 7. The van der Waals surface area contributed by atoms with Crippen LogP contribution in [0.1, 0.15) is 74.9 Å². The molecule has 582 valence electrons. The average Bonchev–Trinajstić information content (AvgIpc) is 1.52. The topological polar surface area (TPSA) is 90.2 Å². The Bertz CT molecular complexity index is 7060. The maximum absolute atomic E-state index is 4.71. The van der Waals surface area contributed by atoms with E-state index in [1.165, 1.54) is 193 Å². The molecule has 7 heteroatoms. The minimum Gasteiger partial charge on any atom is -0.245 e. The molecule has 0 bridgehead atoms. The zero-order chi connectivity index (χ0) is 82.7. The smallest absolute Gasteiger partial charge is 0.163 e. The molecule has 18 aromatic carbocycles. The molecule has 7 nitrogen and oxygen atoms in total. The Kier molecular flexibility index (Phi) is 17.8. The molecule has 3 aliphatic rings. The molecule has 24 rings (SSSR count). The van der Waals surface area contributed by atoms with Crippen molar-refractivity contribution >= 4 is 64.6 Å². The summed E-state index contributed by atoms with van der Waals surface area (Å²) in [6.45, 7) is 14.1. The van der Waals surface area contributed by atoms with E-state index in [0.717, 1.165) is 33.2 Å². The molecule has 0 saturated heterocycles. The lowest BCUT2D eigenvalue weighted by Crippen LogP contribution is -2.14. The minimum atomic E-state index is -0.0758. The van der Waals surface area contributed by atoms with Crippen molar-refractivity contribution in [2.45, 2.75) is 57.8 Å². The maximum atomic E-state index is 4.71. The number of hydrogen-bond acceptors (Lipinski definition) is 7. The second-order valence-corrected chi connectivity index (χ2v) is 34.2. The van der Waals surface area contributed by atoms with Gasteiger partial charge in [-0.2, -0.15) is 0 Å². The molecule has 0 N–H and O–H groups in total. The molecule has 0 fully saturated rings. The lowest BCUT2D eigenvalue weighted by molar-refractivity contribution is 0.660. The Morgan fingerprint density at radius 3 is 0.846 bits per heavy atom. The zero-order valence-electron chi connectivity index (χ0n) is 69.2. The Balaban J connectivity index is 0.000000110. The van der Waals surface area contributed by atoms with Crippen molar-refractivity contribution in [3.63, 3.8) is 0 Å². The van der Waals surface area contributed by atoms with Crippen LogP contribution in [0.25, 0.3) is 199 Å². The van der Waals surface area contributed by atoms with Crippen molar-refractivity contribution in [1.82, 2.24) is 34.9 Å². The molecule has 3 aromatic heterocycles. The molecule has 21 aromatic rings. The Morgan fingerprint density at radius 1 is 0.179 bits per heavy atom. The van der Waals surface area contributed by atoms with Gasteiger partial charge in [0.15, 0.2) is 5.82 Å². The fourth-order valence-corrected chi connectivity index (χ4v) is 20.5. The highest BCUT2D eigenvalue weighted by Crippen LogP contribution is 2.56. The van der Waals surface area contributed by atoms with Crippen LogP contribution in [0.4, 0.5) is 0 Å². The van der Waals surface area contributed by atoms with Crippen LogP contribution >= 0.6 is 0 Å². The second kappa shape index (κ2) is 29.6. The summed E-state index contributed by atoms with van der Waals surface area (Å²) >= 11 is 0. The molecule has 0 amide bonds. The van der Waals surface area contributed by atoms with Gasteiger partial charge in [0.05, 0.1) is 5.69 Å². The van der Waals surface area contributed by atoms with Gasteiger partial charge < -0.3 is 0 Å². The Hall–Kier alpha value is -15.3. The van der Waals surface area contributed by atoms with Crippen LogP contribution in [0.15, 0.2) is 396 Å². The van der Waals surface area contributed by atoms with Crippen molar-refractivity contribution in [1.29, 1.82) is 0 Å². The van der Waals surface area contributed by atoms with E-state index >= 15 is 0 Å². The van der Waals surface area contributed by atoms with Crippen molar-refractivity contribution in [3.05, 3.63) is 429 Å². The van der Waals surface area contributed by atoms with Gasteiger partial charge in [0.2, 0.25) is 0 Å². The molecule has 0 radical (unpaired) electrons. The Morgan fingerprint density at radius 2 is 0.472 bits per heavy atom. The molecule has 0 atom stereocenters. The molecular weight excluding hydrogens is 1490 g/mol. The summed E-state index contributed by atoms with van der Waals surface area (Å²) in [5, 5.41) is 14.4. The van der Waals surface area contributed by atoms with Gasteiger partial charge in [-0.25, -0.2) is 34.9 Å². The first-order chi connectivity index (χ1) is 60.3. The highest BCUT2D eigenvalue weighted by atomic mass is 15.0. The quantitative estimate of drug-likeness (QED) is 0.133. The van der Waals surface area contributed by atoms with Crippen molar-refractivity contribution in [2.24, 2.45) is 0 Å². The van der Waals surface area contributed by atoms with E-state index in [0.29, 0.717) is 5.82 Å². The molecule has 0 spiro atoms. The van der Waals surface area contributed by atoms with Gasteiger partial charge in [-0.05, 0) is 241 Å². The van der Waals surface area contributed by atoms with E-state index in [1.54, 1.807) is 25.3 Å². The minimum absolute atomic E-state index is 0.0654. The van der Waals surface area contributed by atoms with Crippen molar-refractivity contribution in [3.8, 4) is 134 Å². The fourth-order valence-electron chi connectivity index (χ4n) is 20.5. The third-order valence-electron chi connectivity index (χ3n) is 26.4. The van der Waals surface area contributed by atoms with Crippen LogP contribution in [0.2, 0.25) is 0 Å². The fraction of sp³-hybridized carbons (Fsp3) is 0.0776. The number of fused-ring (bicyclic) bond motifs is 15. The SMILES string of the molecule is CC1(C)c2ccccc2-c2ccc(-c3c4ccccc4c(-c4ccncn4)c4ccc(-c5ccccc5)cc34)cc21.CC1(C)c2ccccc2-c2ccc(-c3c4ccccc4c(-c4cncnc4)c4ccc(-c5ccccc5)cc34)cc21.CC1(C)c2ccccc2-c2ccc(-c3c4ccccc4c(-c4ncncn4)c4ccc(-c5ccccc5)cc34)cc21. The molecule has 123 heavy (non-hydrogen) atoms.